The molecule has 0 bridgehead atoms. The van der Waals surface area contributed by atoms with Crippen molar-refractivity contribution in [1.29, 1.82) is 0 Å². The van der Waals surface area contributed by atoms with Crippen LogP contribution in [0.25, 0.3) is 0 Å². The van der Waals surface area contributed by atoms with Crippen LogP contribution in [0.15, 0.2) is 18.2 Å². The van der Waals surface area contributed by atoms with Crippen molar-refractivity contribution in [3.8, 4) is 0 Å². The summed E-state index contributed by atoms with van der Waals surface area (Å²) < 4.78 is 0. The van der Waals surface area contributed by atoms with E-state index >= 15 is 0 Å². The molecule has 5 heteroatoms. The lowest BCUT2D eigenvalue weighted by Crippen LogP contribution is -2.36. The molecule has 1 aromatic rings. The highest BCUT2D eigenvalue weighted by Gasteiger charge is 2.30. The molecular weight excluding hydrogens is 336 g/mol. The number of aryl methyl sites for hydroxylation is 1. The van der Waals surface area contributed by atoms with Gasteiger partial charge in [0.25, 0.3) is 0 Å². The van der Waals surface area contributed by atoms with E-state index in [0.717, 1.165) is 49.9 Å². The average Bonchev–Trinajstić information content (AvgIpc) is 2.58. The van der Waals surface area contributed by atoms with Crippen LogP contribution in [0.2, 0.25) is 5.02 Å². The van der Waals surface area contributed by atoms with Gasteiger partial charge in [0.05, 0.1) is 0 Å². The number of hydrogen-bond acceptors (Lipinski definition) is 2. The lowest BCUT2D eigenvalue weighted by molar-refractivity contribution is -0.128. The maximum atomic E-state index is 12.5. The van der Waals surface area contributed by atoms with Gasteiger partial charge in [-0.05, 0) is 62.6 Å². The first-order valence-electron chi connectivity index (χ1n) is 9.21. The number of nitrogens with one attached hydrogen (secondary N) is 2. The van der Waals surface area contributed by atoms with Crippen LogP contribution in [0, 0.1) is 24.7 Å². The molecule has 2 rings (SSSR count). The normalized spacial score (nSPS) is 20.4. The summed E-state index contributed by atoms with van der Waals surface area (Å²) in [5.41, 5.74) is 1.77. The second-order valence-corrected chi connectivity index (χ2v) is 7.91. The number of amides is 2. The van der Waals surface area contributed by atoms with Gasteiger partial charge in [0, 0.05) is 29.1 Å². The SMILES string of the molecule is Cc1ccc(Cl)cc1NC(=O)C1CCC(C(=O)NCCC(C)C)CC1. The largest absolute Gasteiger partial charge is 0.356 e. The van der Waals surface area contributed by atoms with E-state index in [9.17, 15) is 9.59 Å². The lowest BCUT2D eigenvalue weighted by Gasteiger charge is -2.27. The Hall–Kier alpha value is -1.55. The summed E-state index contributed by atoms with van der Waals surface area (Å²) in [4.78, 5) is 24.7. The van der Waals surface area contributed by atoms with Gasteiger partial charge in [0.2, 0.25) is 11.8 Å². The second kappa shape index (κ2) is 9.23. The molecule has 2 N–H and O–H groups in total. The predicted molar refractivity (Wildman–Crippen MR) is 103 cm³/mol. The molecule has 0 radical (unpaired) electrons. The Kier molecular flexibility index (Phi) is 7.30. The van der Waals surface area contributed by atoms with Crippen molar-refractivity contribution in [2.45, 2.75) is 52.9 Å². The first-order valence-corrected chi connectivity index (χ1v) is 9.59. The van der Waals surface area contributed by atoms with E-state index in [2.05, 4.69) is 24.5 Å². The fourth-order valence-electron chi connectivity index (χ4n) is 3.21. The Morgan fingerprint density at radius 1 is 1.12 bits per heavy atom. The van der Waals surface area contributed by atoms with Crippen molar-refractivity contribution in [3.05, 3.63) is 28.8 Å². The van der Waals surface area contributed by atoms with Crippen LogP contribution in [-0.4, -0.2) is 18.4 Å². The molecule has 138 valence electrons. The van der Waals surface area contributed by atoms with Gasteiger partial charge in [0.15, 0.2) is 0 Å². The van der Waals surface area contributed by atoms with E-state index in [-0.39, 0.29) is 23.7 Å². The summed E-state index contributed by atoms with van der Waals surface area (Å²) >= 11 is 6.01. The van der Waals surface area contributed by atoms with Crippen molar-refractivity contribution in [2.75, 3.05) is 11.9 Å². The van der Waals surface area contributed by atoms with Gasteiger partial charge in [-0.1, -0.05) is 31.5 Å². The smallest absolute Gasteiger partial charge is 0.227 e. The van der Waals surface area contributed by atoms with Gasteiger partial charge in [0.1, 0.15) is 0 Å². The van der Waals surface area contributed by atoms with E-state index in [1.54, 1.807) is 6.07 Å². The Morgan fingerprint density at radius 2 is 1.72 bits per heavy atom. The molecule has 2 amide bonds. The third-order valence-corrected chi connectivity index (χ3v) is 5.18. The molecular formula is C20H29ClN2O2. The zero-order valence-corrected chi connectivity index (χ0v) is 16.2. The maximum Gasteiger partial charge on any atom is 0.227 e. The van der Waals surface area contributed by atoms with E-state index in [1.807, 2.05) is 19.1 Å². The van der Waals surface area contributed by atoms with Crippen LogP contribution >= 0.6 is 11.6 Å². The summed E-state index contributed by atoms with van der Waals surface area (Å²) in [5, 5.41) is 6.63. The van der Waals surface area contributed by atoms with Gasteiger partial charge >= 0.3 is 0 Å². The number of carbonyl (C=O) groups excluding carboxylic acids is 2. The number of halogens is 1. The summed E-state index contributed by atoms with van der Waals surface area (Å²) in [6.45, 7) is 6.99. The average molecular weight is 365 g/mol. The molecule has 0 aliphatic heterocycles. The molecule has 0 heterocycles. The Bertz CT molecular complexity index is 608. The Morgan fingerprint density at radius 3 is 2.32 bits per heavy atom. The molecule has 0 spiro atoms. The predicted octanol–water partition coefficient (Wildman–Crippen LogP) is 4.56. The second-order valence-electron chi connectivity index (χ2n) is 7.47. The minimum Gasteiger partial charge on any atom is -0.356 e. The highest BCUT2D eigenvalue weighted by molar-refractivity contribution is 6.31. The monoisotopic (exact) mass is 364 g/mol. The topological polar surface area (TPSA) is 58.2 Å². The molecule has 0 saturated heterocycles. The van der Waals surface area contributed by atoms with Crippen molar-refractivity contribution in [2.24, 2.45) is 17.8 Å². The van der Waals surface area contributed by atoms with E-state index in [4.69, 9.17) is 11.6 Å². The summed E-state index contributed by atoms with van der Waals surface area (Å²) in [5.74, 6) is 0.783. The van der Waals surface area contributed by atoms with E-state index < -0.39 is 0 Å². The first-order chi connectivity index (χ1) is 11.9. The summed E-state index contributed by atoms with van der Waals surface area (Å²) in [7, 11) is 0. The first kappa shape index (κ1) is 19.8. The zero-order chi connectivity index (χ0) is 18.4. The van der Waals surface area contributed by atoms with Crippen LogP contribution < -0.4 is 10.6 Å². The number of benzene rings is 1. The minimum atomic E-state index is -0.0295. The summed E-state index contributed by atoms with van der Waals surface area (Å²) in [6, 6.07) is 5.49. The maximum absolute atomic E-state index is 12.5. The van der Waals surface area contributed by atoms with Gasteiger partial charge in [-0.25, -0.2) is 0 Å². The van der Waals surface area contributed by atoms with Gasteiger partial charge < -0.3 is 10.6 Å². The fraction of sp³-hybridized carbons (Fsp3) is 0.600. The Balaban J connectivity index is 1.80. The third kappa shape index (κ3) is 6.03. The van der Waals surface area contributed by atoms with E-state index in [1.165, 1.54) is 0 Å². The lowest BCUT2D eigenvalue weighted by atomic mass is 9.81. The quantitative estimate of drug-likeness (QED) is 0.777. The molecule has 1 fully saturated rings. The standard InChI is InChI=1S/C20H29ClN2O2/c1-13(2)10-11-22-19(24)15-5-7-16(8-6-15)20(25)23-18-12-17(21)9-4-14(18)3/h4,9,12-13,15-16H,5-8,10-11H2,1-3H3,(H,22,24)(H,23,25). The van der Waals surface area contributed by atoms with Crippen LogP contribution in [-0.2, 0) is 9.59 Å². The number of hydrogen-bond donors (Lipinski definition) is 2. The molecule has 0 atom stereocenters. The molecule has 1 aliphatic carbocycles. The van der Waals surface area contributed by atoms with E-state index in [0.29, 0.717) is 10.9 Å². The van der Waals surface area contributed by atoms with Crippen LogP contribution in [0.1, 0.15) is 51.5 Å². The zero-order valence-electron chi connectivity index (χ0n) is 15.4. The van der Waals surface area contributed by atoms with Gasteiger partial charge in [-0.2, -0.15) is 0 Å². The van der Waals surface area contributed by atoms with Gasteiger partial charge in [-0.15, -0.1) is 0 Å². The highest BCUT2D eigenvalue weighted by atomic mass is 35.5. The van der Waals surface area contributed by atoms with Crippen molar-refractivity contribution >= 4 is 29.1 Å². The summed E-state index contributed by atoms with van der Waals surface area (Å²) in [6.07, 6.45) is 4.07. The van der Waals surface area contributed by atoms with Crippen molar-refractivity contribution in [3.63, 3.8) is 0 Å². The molecule has 1 saturated carbocycles. The van der Waals surface area contributed by atoms with Gasteiger partial charge in [-0.3, -0.25) is 9.59 Å². The van der Waals surface area contributed by atoms with Crippen LogP contribution in [0.4, 0.5) is 5.69 Å². The molecule has 25 heavy (non-hydrogen) atoms. The molecule has 0 aromatic heterocycles. The molecule has 1 aliphatic rings. The minimum absolute atomic E-state index is 0.0295. The third-order valence-electron chi connectivity index (χ3n) is 4.95. The number of anilines is 1. The molecule has 0 unspecified atom stereocenters. The van der Waals surface area contributed by atoms with Crippen LogP contribution in [0.5, 0.6) is 0 Å². The molecule has 4 nitrogen and oxygen atoms in total. The number of rotatable bonds is 6. The molecule has 1 aromatic carbocycles. The fourth-order valence-corrected chi connectivity index (χ4v) is 3.38. The Labute approximate surface area is 155 Å². The number of carbonyl (C=O) groups is 2. The van der Waals surface area contributed by atoms with Crippen LogP contribution in [0.3, 0.4) is 0 Å². The highest BCUT2D eigenvalue weighted by Crippen LogP contribution is 2.30. The van der Waals surface area contributed by atoms with Crippen molar-refractivity contribution in [1.82, 2.24) is 5.32 Å². The van der Waals surface area contributed by atoms with Crippen molar-refractivity contribution < 1.29 is 9.59 Å².